The van der Waals surface area contributed by atoms with E-state index in [1.54, 1.807) is 0 Å². The number of piperidine rings is 1. The number of rotatable bonds is 8. The van der Waals surface area contributed by atoms with Gasteiger partial charge in [-0.1, -0.05) is 37.1 Å². The first kappa shape index (κ1) is 24.4. The summed E-state index contributed by atoms with van der Waals surface area (Å²) in [6.07, 6.45) is 2.49. The molecule has 0 aromatic heterocycles. The molecule has 2 rings (SSSR count). The maximum absolute atomic E-state index is 12.2. The van der Waals surface area contributed by atoms with E-state index in [1.807, 2.05) is 36.1 Å². The Morgan fingerprint density at radius 2 is 2.18 bits per heavy atom. The van der Waals surface area contributed by atoms with Crippen LogP contribution in [0.5, 0.6) is 0 Å². The molecule has 7 nitrogen and oxygen atoms in total. The zero-order valence-electron chi connectivity index (χ0n) is 16.3. The molecule has 1 aliphatic rings. The molecule has 4 N–H and O–H groups in total. The second-order valence-corrected chi connectivity index (χ2v) is 7.56. The Morgan fingerprint density at radius 3 is 2.79 bits per heavy atom. The number of carboxylic acid groups (broad SMARTS) is 1. The Labute approximate surface area is 171 Å². The van der Waals surface area contributed by atoms with E-state index in [2.05, 4.69) is 5.32 Å². The van der Waals surface area contributed by atoms with Crippen molar-refractivity contribution in [2.75, 3.05) is 32.8 Å². The molecule has 0 saturated carbocycles. The Kier molecular flexibility index (Phi) is 11.1. The standard InChI is InChI=1S/C19H29ClN2O3.CH2O2/c1-2-8-19(14-23)13-22(10-7-17(19)24)12-18(25)21-9-6-15-4-3-5-16(20)11-15;2-1-3/h3-5,11,17,23-24H,2,6-10,12-14H2,1H3,(H,21,25);1H,(H,2,3)/t17-,19+;/m1./s1. The van der Waals surface area contributed by atoms with Gasteiger partial charge in [-0.25, -0.2) is 0 Å². The van der Waals surface area contributed by atoms with Gasteiger partial charge in [0, 0.05) is 30.1 Å². The second-order valence-electron chi connectivity index (χ2n) is 7.12. The van der Waals surface area contributed by atoms with E-state index < -0.39 is 11.5 Å². The van der Waals surface area contributed by atoms with Crippen molar-refractivity contribution < 1.29 is 24.9 Å². The zero-order chi connectivity index (χ0) is 21.0. The quantitative estimate of drug-likeness (QED) is 0.480. The van der Waals surface area contributed by atoms with Crippen LogP contribution in [0.15, 0.2) is 24.3 Å². The summed E-state index contributed by atoms with van der Waals surface area (Å²) in [7, 11) is 0. The van der Waals surface area contributed by atoms with Crippen LogP contribution in [0.3, 0.4) is 0 Å². The molecule has 1 fully saturated rings. The molecule has 1 saturated heterocycles. The number of nitrogens with zero attached hydrogens (tertiary/aromatic N) is 1. The lowest BCUT2D eigenvalue weighted by Gasteiger charge is -2.45. The van der Waals surface area contributed by atoms with Gasteiger partial charge < -0.3 is 20.6 Å². The number of carbonyl (C=O) groups is 2. The molecule has 1 aliphatic heterocycles. The first-order valence-corrected chi connectivity index (χ1v) is 9.88. The van der Waals surface area contributed by atoms with Crippen molar-refractivity contribution in [2.45, 2.75) is 38.7 Å². The van der Waals surface area contributed by atoms with Gasteiger partial charge in [-0.3, -0.25) is 14.5 Å². The van der Waals surface area contributed by atoms with Crippen LogP contribution in [-0.2, 0) is 16.0 Å². The summed E-state index contributed by atoms with van der Waals surface area (Å²) in [5.74, 6) is -0.0262. The molecular weight excluding hydrogens is 384 g/mol. The van der Waals surface area contributed by atoms with Crippen molar-refractivity contribution in [1.82, 2.24) is 10.2 Å². The highest BCUT2D eigenvalue weighted by atomic mass is 35.5. The summed E-state index contributed by atoms with van der Waals surface area (Å²) < 4.78 is 0. The third kappa shape index (κ3) is 7.75. The first-order valence-electron chi connectivity index (χ1n) is 9.51. The monoisotopic (exact) mass is 414 g/mol. The number of hydrogen-bond acceptors (Lipinski definition) is 5. The fraction of sp³-hybridized carbons (Fsp3) is 0.600. The van der Waals surface area contributed by atoms with Crippen molar-refractivity contribution in [1.29, 1.82) is 0 Å². The minimum absolute atomic E-state index is 0.0262. The number of benzene rings is 1. The fourth-order valence-corrected chi connectivity index (χ4v) is 3.86. The molecule has 1 amide bonds. The van der Waals surface area contributed by atoms with E-state index in [4.69, 9.17) is 21.5 Å². The molecule has 0 spiro atoms. The number of aliphatic hydroxyl groups excluding tert-OH is 2. The second kappa shape index (κ2) is 12.7. The number of nitrogens with one attached hydrogen (secondary N) is 1. The molecule has 0 bridgehead atoms. The number of halogens is 1. The van der Waals surface area contributed by atoms with Crippen LogP contribution in [-0.4, -0.2) is 71.5 Å². The summed E-state index contributed by atoms with van der Waals surface area (Å²) in [6.45, 7) is 3.85. The van der Waals surface area contributed by atoms with Gasteiger partial charge in [0.15, 0.2) is 0 Å². The number of hydrogen-bond donors (Lipinski definition) is 4. The molecule has 1 aromatic rings. The molecule has 2 atom stereocenters. The van der Waals surface area contributed by atoms with Gasteiger partial charge in [0.1, 0.15) is 0 Å². The Morgan fingerprint density at radius 1 is 1.46 bits per heavy atom. The third-order valence-electron chi connectivity index (χ3n) is 5.02. The average Bonchev–Trinajstić information content (AvgIpc) is 2.65. The van der Waals surface area contributed by atoms with Gasteiger partial charge in [0.25, 0.3) is 6.47 Å². The average molecular weight is 415 g/mol. The van der Waals surface area contributed by atoms with E-state index in [-0.39, 0.29) is 19.0 Å². The van der Waals surface area contributed by atoms with Gasteiger partial charge in [0.2, 0.25) is 5.91 Å². The summed E-state index contributed by atoms with van der Waals surface area (Å²) >= 11 is 5.96. The van der Waals surface area contributed by atoms with Crippen LogP contribution in [0, 0.1) is 5.41 Å². The van der Waals surface area contributed by atoms with E-state index in [9.17, 15) is 15.0 Å². The fourth-order valence-electron chi connectivity index (χ4n) is 3.65. The number of carbonyl (C=O) groups excluding carboxylic acids is 1. The van der Waals surface area contributed by atoms with E-state index in [0.29, 0.717) is 37.6 Å². The normalized spacial score (nSPS) is 22.1. The van der Waals surface area contributed by atoms with E-state index in [1.165, 1.54) is 0 Å². The summed E-state index contributed by atoms with van der Waals surface area (Å²) in [4.78, 5) is 22.6. The van der Waals surface area contributed by atoms with Gasteiger partial charge >= 0.3 is 0 Å². The number of aliphatic hydroxyl groups is 2. The first-order chi connectivity index (χ1) is 13.4. The van der Waals surface area contributed by atoms with Gasteiger partial charge in [0.05, 0.1) is 19.3 Å². The predicted octanol–water partition coefficient (Wildman–Crippen LogP) is 1.54. The molecule has 0 radical (unpaired) electrons. The minimum Gasteiger partial charge on any atom is -0.483 e. The Balaban J connectivity index is 0.00000122. The maximum atomic E-state index is 12.2. The van der Waals surface area contributed by atoms with Crippen LogP contribution < -0.4 is 5.32 Å². The smallest absolute Gasteiger partial charge is 0.290 e. The Bertz CT molecular complexity index is 616. The van der Waals surface area contributed by atoms with Crippen LogP contribution in [0.1, 0.15) is 31.7 Å². The predicted molar refractivity (Wildman–Crippen MR) is 108 cm³/mol. The highest BCUT2D eigenvalue weighted by Crippen LogP contribution is 2.34. The number of likely N-dealkylation sites (tertiary alicyclic amines) is 1. The lowest BCUT2D eigenvalue weighted by molar-refractivity contribution is -0.126. The molecular formula is C20H31ClN2O5. The topological polar surface area (TPSA) is 110 Å². The van der Waals surface area contributed by atoms with Gasteiger partial charge in [-0.2, -0.15) is 0 Å². The molecule has 0 unspecified atom stereocenters. The van der Waals surface area contributed by atoms with Crippen LogP contribution in [0.25, 0.3) is 0 Å². The summed E-state index contributed by atoms with van der Waals surface area (Å²) in [5, 5.41) is 30.6. The van der Waals surface area contributed by atoms with Gasteiger partial charge in [-0.15, -0.1) is 0 Å². The van der Waals surface area contributed by atoms with Gasteiger partial charge in [-0.05, 0) is 37.0 Å². The third-order valence-corrected chi connectivity index (χ3v) is 5.25. The van der Waals surface area contributed by atoms with Crippen LogP contribution in [0.2, 0.25) is 5.02 Å². The summed E-state index contributed by atoms with van der Waals surface area (Å²) in [5.41, 5.74) is 0.588. The molecule has 158 valence electrons. The van der Waals surface area contributed by atoms with Crippen molar-refractivity contribution >= 4 is 24.0 Å². The lowest BCUT2D eigenvalue weighted by atomic mass is 9.74. The Hall–Kier alpha value is -1.67. The minimum atomic E-state index is -0.506. The molecule has 1 heterocycles. The van der Waals surface area contributed by atoms with Crippen molar-refractivity contribution in [3.8, 4) is 0 Å². The molecule has 28 heavy (non-hydrogen) atoms. The molecule has 8 heteroatoms. The SMILES string of the molecule is CCC[C@@]1(CO)CN(CC(=O)NCCc2cccc(Cl)c2)CC[C@H]1O.O=CO. The zero-order valence-corrected chi connectivity index (χ0v) is 17.1. The highest BCUT2D eigenvalue weighted by Gasteiger charge is 2.41. The largest absolute Gasteiger partial charge is 0.483 e. The maximum Gasteiger partial charge on any atom is 0.290 e. The molecule has 1 aromatic carbocycles. The lowest BCUT2D eigenvalue weighted by Crippen LogP contribution is -2.55. The number of amides is 1. The van der Waals surface area contributed by atoms with Crippen molar-refractivity contribution in [3.05, 3.63) is 34.9 Å². The molecule has 0 aliphatic carbocycles. The van der Waals surface area contributed by atoms with E-state index >= 15 is 0 Å². The van der Waals surface area contributed by atoms with E-state index in [0.717, 1.165) is 24.8 Å². The van der Waals surface area contributed by atoms with Crippen molar-refractivity contribution in [2.24, 2.45) is 5.41 Å². The summed E-state index contributed by atoms with van der Waals surface area (Å²) in [6, 6.07) is 7.63. The highest BCUT2D eigenvalue weighted by molar-refractivity contribution is 6.30. The van der Waals surface area contributed by atoms with Crippen LogP contribution in [0.4, 0.5) is 0 Å². The van der Waals surface area contributed by atoms with Crippen molar-refractivity contribution in [3.63, 3.8) is 0 Å². The van der Waals surface area contributed by atoms with Crippen LogP contribution >= 0.6 is 11.6 Å².